The standard InChI is InChI=1S/C7H14F3O4PS/c1-3-15(11,4-2)6-5-14-16(12,13)7(8,9)10/h3-6H2,1-2H3. The van der Waals surface area contributed by atoms with Gasteiger partial charge in [0.15, 0.2) is 0 Å². The average Bonchev–Trinajstić information content (AvgIpc) is 2.15. The quantitative estimate of drug-likeness (QED) is 0.426. The first-order valence-electron chi connectivity index (χ1n) is 4.61. The predicted molar refractivity (Wildman–Crippen MR) is 54.5 cm³/mol. The molecule has 0 rings (SSSR count). The van der Waals surface area contributed by atoms with Crippen LogP contribution in [0.4, 0.5) is 13.2 Å². The maximum atomic E-state index is 11.8. The van der Waals surface area contributed by atoms with Crippen molar-refractivity contribution >= 4 is 17.3 Å². The van der Waals surface area contributed by atoms with E-state index >= 15 is 0 Å². The van der Waals surface area contributed by atoms with Gasteiger partial charge in [0.1, 0.15) is 0 Å². The fourth-order valence-electron chi connectivity index (χ4n) is 0.920. The van der Waals surface area contributed by atoms with Crippen molar-refractivity contribution in [2.75, 3.05) is 25.1 Å². The number of hydrogen-bond donors (Lipinski definition) is 0. The maximum absolute atomic E-state index is 11.8. The molecule has 0 amide bonds. The molecule has 0 radical (unpaired) electrons. The number of halogens is 3. The van der Waals surface area contributed by atoms with Gasteiger partial charge >= 0.3 is 15.6 Å². The topological polar surface area (TPSA) is 60.4 Å². The summed E-state index contributed by atoms with van der Waals surface area (Å²) in [4.78, 5) is 0. The fraction of sp³-hybridized carbons (Fsp3) is 1.00. The summed E-state index contributed by atoms with van der Waals surface area (Å²) in [6, 6.07) is 0. The van der Waals surface area contributed by atoms with E-state index in [4.69, 9.17) is 0 Å². The molecule has 0 saturated carbocycles. The lowest BCUT2D eigenvalue weighted by Crippen LogP contribution is -2.26. The molecule has 0 aromatic rings. The van der Waals surface area contributed by atoms with Gasteiger partial charge in [0.05, 0.1) is 13.7 Å². The first-order chi connectivity index (χ1) is 7.08. The number of rotatable bonds is 6. The molecule has 16 heavy (non-hydrogen) atoms. The van der Waals surface area contributed by atoms with Crippen molar-refractivity contribution in [2.24, 2.45) is 0 Å². The van der Waals surface area contributed by atoms with Crippen LogP contribution in [0.25, 0.3) is 0 Å². The smallest absolute Gasteiger partial charge is 0.323 e. The van der Waals surface area contributed by atoms with E-state index < -0.39 is 29.4 Å². The van der Waals surface area contributed by atoms with E-state index in [1.54, 1.807) is 13.8 Å². The summed E-state index contributed by atoms with van der Waals surface area (Å²) in [6.07, 6.45) is 0.479. The predicted octanol–water partition coefficient (Wildman–Crippen LogP) is 2.26. The summed E-state index contributed by atoms with van der Waals surface area (Å²) < 4.78 is 72.0. The molecule has 0 aromatic heterocycles. The Morgan fingerprint density at radius 3 is 1.94 bits per heavy atom. The Labute approximate surface area is 92.7 Å². The SMILES string of the molecule is CCP(=O)(CC)CCOS(=O)(=O)C(F)(F)F. The van der Waals surface area contributed by atoms with Crippen LogP contribution in [-0.2, 0) is 18.9 Å². The Hall–Kier alpha value is -0.0700. The first-order valence-corrected chi connectivity index (χ1v) is 8.28. The van der Waals surface area contributed by atoms with Crippen LogP contribution in [0.1, 0.15) is 13.8 Å². The third-order valence-electron chi connectivity index (χ3n) is 2.17. The molecule has 0 aliphatic heterocycles. The molecule has 0 aliphatic carbocycles. The molecule has 0 atom stereocenters. The van der Waals surface area contributed by atoms with E-state index in [1.807, 2.05) is 0 Å². The summed E-state index contributed by atoms with van der Waals surface area (Å²) in [6.45, 7) is 2.59. The van der Waals surface area contributed by atoms with Crippen LogP contribution >= 0.6 is 7.14 Å². The van der Waals surface area contributed by atoms with Crippen molar-refractivity contribution in [3.8, 4) is 0 Å². The van der Waals surface area contributed by atoms with Crippen molar-refractivity contribution in [3.63, 3.8) is 0 Å². The summed E-state index contributed by atoms with van der Waals surface area (Å²) in [7, 11) is -8.13. The first kappa shape index (κ1) is 15.9. The highest BCUT2D eigenvalue weighted by atomic mass is 32.2. The van der Waals surface area contributed by atoms with Crippen LogP contribution in [0.3, 0.4) is 0 Å². The lowest BCUT2D eigenvalue weighted by Gasteiger charge is -2.14. The molecular formula is C7H14F3O4PS. The lowest BCUT2D eigenvalue weighted by molar-refractivity contribution is -0.0538. The van der Waals surface area contributed by atoms with Crippen molar-refractivity contribution < 1.29 is 30.3 Å². The summed E-state index contributed by atoms with van der Waals surface area (Å²) in [5.74, 6) is 0. The van der Waals surface area contributed by atoms with Crippen LogP contribution < -0.4 is 0 Å². The molecule has 0 N–H and O–H groups in total. The molecule has 0 fully saturated rings. The third kappa shape index (κ3) is 4.43. The normalized spacial score (nSPS) is 14.1. The highest BCUT2D eigenvalue weighted by molar-refractivity contribution is 7.87. The molecule has 0 saturated heterocycles. The van der Waals surface area contributed by atoms with Gasteiger partial charge in [-0.25, -0.2) is 0 Å². The second-order valence-electron chi connectivity index (χ2n) is 3.14. The minimum Gasteiger partial charge on any atom is -0.323 e. The highest BCUT2D eigenvalue weighted by Crippen LogP contribution is 2.44. The molecule has 0 heterocycles. The zero-order chi connectivity index (χ0) is 13.0. The van der Waals surface area contributed by atoms with E-state index in [1.165, 1.54) is 0 Å². The van der Waals surface area contributed by atoms with Crippen LogP contribution in [0.2, 0.25) is 0 Å². The fourth-order valence-corrected chi connectivity index (χ4v) is 2.98. The van der Waals surface area contributed by atoms with Gasteiger partial charge in [-0.1, -0.05) is 13.8 Å². The van der Waals surface area contributed by atoms with E-state index in [2.05, 4.69) is 4.18 Å². The molecule has 0 aromatic carbocycles. The van der Waals surface area contributed by atoms with Crippen LogP contribution in [0.15, 0.2) is 0 Å². The van der Waals surface area contributed by atoms with Gasteiger partial charge in [-0.3, -0.25) is 4.18 Å². The van der Waals surface area contributed by atoms with E-state index in [0.717, 1.165) is 0 Å². The Kier molecular flexibility index (Phi) is 5.49. The van der Waals surface area contributed by atoms with E-state index in [-0.39, 0.29) is 6.16 Å². The van der Waals surface area contributed by atoms with Gasteiger partial charge in [0, 0.05) is 6.16 Å². The minimum atomic E-state index is -5.56. The monoisotopic (exact) mass is 282 g/mol. The highest BCUT2D eigenvalue weighted by Gasteiger charge is 2.47. The summed E-state index contributed by atoms with van der Waals surface area (Å²) >= 11 is 0. The van der Waals surface area contributed by atoms with Crippen molar-refractivity contribution in [1.29, 1.82) is 0 Å². The molecule has 98 valence electrons. The molecular weight excluding hydrogens is 268 g/mol. The summed E-state index contributed by atoms with van der Waals surface area (Å²) in [5.41, 5.74) is -5.42. The van der Waals surface area contributed by atoms with Crippen molar-refractivity contribution in [2.45, 2.75) is 19.4 Å². The Bertz CT molecular complexity index is 354. The number of hydrogen-bond acceptors (Lipinski definition) is 4. The second-order valence-corrected chi connectivity index (χ2v) is 8.57. The molecule has 0 aliphatic rings. The minimum absolute atomic E-state index is 0.157. The molecule has 9 heteroatoms. The van der Waals surface area contributed by atoms with Crippen LogP contribution in [0.5, 0.6) is 0 Å². The van der Waals surface area contributed by atoms with Crippen LogP contribution in [0, 0.1) is 0 Å². The van der Waals surface area contributed by atoms with Gasteiger partial charge in [-0.05, 0) is 12.3 Å². The summed E-state index contributed by atoms with van der Waals surface area (Å²) in [5, 5.41) is 0. The van der Waals surface area contributed by atoms with Gasteiger partial charge in [-0.15, -0.1) is 0 Å². The molecule has 4 nitrogen and oxygen atoms in total. The second kappa shape index (κ2) is 5.51. The number of alkyl halides is 3. The van der Waals surface area contributed by atoms with E-state index in [9.17, 15) is 26.2 Å². The third-order valence-corrected chi connectivity index (χ3v) is 6.52. The average molecular weight is 282 g/mol. The van der Waals surface area contributed by atoms with Gasteiger partial charge in [0.2, 0.25) is 0 Å². The van der Waals surface area contributed by atoms with Crippen LogP contribution in [-0.4, -0.2) is 39.0 Å². The van der Waals surface area contributed by atoms with E-state index in [0.29, 0.717) is 12.3 Å². The molecule has 0 unspecified atom stereocenters. The van der Waals surface area contributed by atoms with Gasteiger partial charge in [0.25, 0.3) is 0 Å². The maximum Gasteiger partial charge on any atom is 0.523 e. The van der Waals surface area contributed by atoms with Crippen molar-refractivity contribution in [1.82, 2.24) is 0 Å². The zero-order valence-electron chi connectivity index (χ0n) is 8.95. The Balaban J connectivity index is 4.35. The Morgan fingerprint density at radius 2 is 1.62 bits per heavy atom. The largest absolute Gasteiger partial charge is 0.523 e. The molecule has 0 bridgehead atoms. The van der Waals surface area contributed by atoms with Gasteiger partial charge < -0.3 is 4.57 Å². The lowest BCUT2D eigenvalue weighted by atomic mass is 10.9. The van der Waals surface area contributed by atoms with Crippen molar-refractivity contribution in [3.05, 3.63) is 0 Å². The van der Waals surface area contributed by atoms with Gasteiger partial charge in [-0.2, -0.15) is 21.6 Å². The zero-order valence-corrected chi connectivity index (χ0v) is 10.7. The Morgan fingerprint density at radius 1 is 1.19 bits per heavy atom. The molecule has 0 spiro atoms.